The third-order valence-electron chi connectivity index (χ3n) is 3.79. The van der Waals surface area contributed by atoms with Crippen LogP contribution in [0.5, 0.6) is 0 Å². The monoisotopic (exact) mass is 330 g/mol. The number of hydrogen-bond donors (Lipinski definition) is 3. The molecule has 0 spiro atoms. The van der Waals surface area contributed by atoms with Crippen LogP contribution in [0.2, 0.25) is 0 Å². The van der Waals surface area contributed by atoms with Gasteiger partial charge in [-0.2, -0.15) is 8.42 Å². The zero-order chi connectivity index (χ0) is 16.3. The Kier molecular flexibility index (Phi) is 4.81. The molecule has 0 aromatic carbocycles. The van der Waals surface area contributed by atoms with Crippen LogP contribution >= 0.6 is 0 Å². The number of nitrogens with one attached hydrogen (secondary N) is 1. The zero-order valence-electron chi connectivity index (χ0n) is 11.8. The second-order valence-corrected chi connectivity index (χ2v) is 6.93. The van der Waals surface area contributed by atoms with Crippen molar-refractivity contribution in [1.82, 2.24) is 9.88 Å². The quantitative estimate of drug-likeness (QED) is 0.646. The Morgan fingerprint density at radius 1 is 1.32 bits per heavy atom. The lowest BCUT2D eigenvalue weighted by molar-refractivity contribution is -0.124. The van der Waals surface area contributed by atoms with Gasteiger partial charge in [0, 0.05) is 12.0 Å². The Balaban J connectivity index is 2.02. The van der Waals surface area contributed by atoms with E-state index in [9.17, 15) is 18.0 Å². The van der Waals surface area contributed by atoms with Crippen molar-refractivity contribution in [3.63, 3.8) is 0 Å². The van der Waals surface area contributed by atoms with Crippen molar-refractivity contribution in [2.24, 2.45) is 23.3 Å². The average molecular weight is 330 g/mol. The molecule has 1 aliphatic carbocycles. The summed E-state index contributed by atoms with van der Waals surface area (Å²) in [6.07, 6.45) is 2.77. The molecule has 122 valence electrons. The standard InChI is InChI=1S/C12H18N4O5S/c13-6-7-1-3-8(4-2-7)12(18)16-22(19,20)10-5-9(11(14)17)15-21-10/h5,7-8H,1-4,6,13H2,(H2,14,17)(H,16,18). The number of hydrogen-bond acceptors (Lipinski definition) is 7. The van der Waals surface area contributed by atoms with Crippen molar-refractivity contribution in [1.29, 1.82) is 0 Å². The van der Waals surface area contributed by atoms with Gasteiger partial charge < -0.3 is 16.0 Å². The van der Waals surface area contributed by atoms with Gasteiger partial charge in [0.05, 0.1) is 0 Å². The molecule has 1 aliphatic rings. The van der Waals surface area contributed by atoms with Gasteiger partial charge in [-0.15, -0.1) is 0 Å². The fourth-order valence-corrected chi connectivity index (χ4v) is 3.36. The molecular weight excluding hydrogens is 312 g/mol. The highest BCUT2D eigenvalue weighted by Crippen LogP contribution is 2.28. The Labute approximate surface area is 127 Å². The number of sulfonamides is 1. The number of carbonyl (C=O) groups excluding carboxylic acids is 2. The van der Waals surface area contributed by atoms with E-state index in [1.807, 2.05) is 4.72 Å². The first-order valence-corrected chi connectivity index (χ1v) is 8.35. The molecule has 0 saturated heterocycles. The Morgan fingerprint density at radius 2 is 1.95 bits per heavy atom. The van der Waals surface area contributed by atoms with Crippen LogP contribution in [-0.4, -0.2) is 31.9 Å². The molecule has 1 fully saturated rings. The summed E-state index contributed by atoms with van der Waals surface area (Å²) < 4.78 is 30.5. The van der Waals surface area contributed by atoms with Gasteiger partial charge in [0.15, 0.2) is 5.69 Å². The van der Waals surface area contributed by atoms with Crippen molar-refractivity contribution in [2.45, 2.75) is 30.8 Å². The molecule has 9 nitrogen and oxygen atoms in total. The van der Waals surface area contributed by atoms with Crippen LogP contribution in [-0.2, 0) is 14.8 Å². The molecule has 2 amide bonds. The smallest absolute Gasteiger partial charge is 0.300 e. The van der Waals surface area contributed by atoms with Crippen LogP contribution in [0.4, 0.5) is 0 Å². The minimum atomic E-state index is -4.20. The van der Waals surface area contributed by atoms with Gasteiger partial charge in [-0.3, -0.25) is 9.59 Å². The highest BCUT2D eigenvalue weighted by Gasteiger charge is 2.30. The van der Waals surface area contributed by atoms with E-state index >= 15 is 0 Å². The van der Waals surface area contributed by atoms with E-state index < -0.39 is 26.9 Å². The predicted molar refractivity (Wildman–Crippen MR) is 74.9 cm³/mol. The maximum atomic E-state index is 12.0. The molecule has 0 unspecified atom stereocenters. The van der Waals surface area contributed by atoms with Crippen molar-refractivity contribution in [3.8, 4) is 0 Å². The third-order valence-corrected chi connectivity index (χ3v) is 4.98. The summed E-state index contributed by atoms with van der Waals surface area (Å²) in [5.41, 5.74) is 10.2. The molecular formula is C12H18N4O5S. The molecule has 1 heterocycles. The van der Waals surface area contributed by atoms with Gasteiger partial charge >= 0.3 is 0 Å². The van der Waals surface area contributed by atoms with Crippen LogP contribution in [0.3, 0.4) is 0 Å². The second kappa shape index (κ2) is 6.44. The minimum Gasteiger partial charge on any atom is -0.364 e. The van der Waals surface area contributed by atoms with Crippen LogP contribution in [0.15, 0.2) is 15.7 Å². The summed E-state index contributed by atoms with van der Waals surface area (Å²) in [6, 6.07) is 0.878. The summed E-state index contributed by atoms with van der Waals surface area (Å²) in [5.74, 6) is -1.51. The molecule has 0 aliphatic heterocycles. The van der Waals surface area contributed by atoms with Crippen LogP contribution < -0.4 is 16.2 Å². The fraction of sp³-hybridized carbons (Fsp3) is 0.583. The molecule has 10 heteroatoms. The van der Waals surface area contributed by atoms with Gasteiger partial charge in [0.1, 0.15) is 0 Å². The van der Waals surface area contributed by atoms with Gasteiger partial charge in [-0.05, 0) is 38.1 Å². The molecule has 1 saturated carbocycles. The van der Waals surface area contributed by atoms with Crippen LogP contribution in [0.1, 0.15) is 36.2 Å². The van der Waals surface area contributed by atoms with Gasteiger partial charge in [-0.1, -0.05) is 5.16 Å². The van der Waals surface area contributed by atoms with E-state index in [1.54, 1.807) is 0 Å². The first kappa shape index (κ1) is 16.4. The highest BCUT2D eigenvalue weighted by molar-refractivity contribution is 7.89. The van der Waals surface area contributed by atoms with Gasteiger partial charge in [0.2, 0.25) is 5.91 Å². The topological polar surface area (TPSA) is 158 Å². The molecule has 2 rings (SSSR count). The molecule has 0 atom stereocenters. The SMILES string of the molecule is NCC1CCC(C(=O)NS(=O)(=O)c2cc(C(N)=O)no2)CC1. The first-order chi connectivity index (χ1) is 10.3. The first-order valence-electron chi connectivity index (χ1n) is 6.86. The van der Waals surface area contributed by atoms with E-state index in [0.717, 1.165) is 18.9 Å². The fourth-order valence-electron chi connectivity index (χ4n) is 2.43. The van der Waals surface area contributed by atoms with Crippen molar-refractivity contribution >= 4 is 21.8 Å². The van der Waals surface area contributed by atoms with Gasteiger partial charge in [-0.25, -0.2) is 4.72 Å². The number of aromatic nitrogens is 1. The van der Waals surface area contributed by atoms with E-state index in [-0.39, 0.29) is 11.6 Å². The maximum Gasteiger partial charge on any atom is 0.300 e. The lowest BCUT2D eigenvalue weighted by atomic mass is 9.82. The minimum absolute atomic E-state index is 0.323. The van der Waals surface area contributed by atoms with Crippen molar-refractivity contribution < 1.29 is 22.5 Å². The summed E-state index contributed by atoms with van der Waals surface area (Å²) in [7, 11) is -4.20. The number of carbonyl (C=O) groups is 2. The van der Waals surface area contributed by atoms with E-state index in [4.69, 9.17) is 11.5 Å². The normalized spacial score (nSPS) is 22.2. The Bertz CT molecular complexity index is 661. The summed E-state index contributed by atoms with van der Waals surface area (Å²) in [6.45, 7) is 0.570. The summed E-state index contributed by atoms with van der Waals surface area (Å²) in [4.78, 5) is 22.9. The van der Waals surface area contributed by atoms with Crippen LogP contribution in [0, 0.1) is 11.8 Å². The van der Waals surface area contributed by atoms with Crippen molar-refractivity contribution in [2.75, 3.05) is 6.54 Å². The second-order valence-electron chi connectivity index (χ2n) is 5.32. The molecule has 1 aromatic rings. The average Bonchev–Trinajstić information content (AvgIpc) is 2.98. The zero-order valence-corrected chi connectivity index (χ0v) is 12.6. The number of amides is 2. The lowest BCUT2D eigenvalue weighted by Crippen LogP contribution is -2.37. The predicted octanol–water partition coefficient (Wildman–Crippen LogP) is -0.656. The third kappa shape index (κ3) is 3.63. The molecule has 22 heavy (non-hydrogen) atoms. The maximum absolute atomic E-state index is 12.0. The van der Waals surface area contributed by atoms with E-state index in [1.165, 1.54) is 0 Å². The summed E-state index contributed by atoms with van der Waals surface area (Å²) >= 11 is 0. The molecule has 0 bridgehead atoms. The molecule has 5 N–H and O–H groups in total. The van der Waals surface area contributed by atoms with E-state index in [0.29, 0.717) is 25.3 Å². The van der Waals surface area contributed by atoms with Gasteiger partial charge in [0.25, 0.3) is 21.0 Å². The summed E-state index contributed by atoms with van der Waals surface area (Å²) in [5, 5.41) is 2.61. The molecule has 0 radical (unpaired) electrons. The largest absolute Gasteiger partial charge is 0.364 e. The number of primary amides is 1. The number of nitrogens with two attached hydrogens (primary N) is 2. The Hall–Kier alpha value is -1.94. The van der Waals surface area contributed by atoms with Crippen LogP contribution in [0.25, 0.3) is 0 Å². The number of rotatable bonds is 5. The lowest BCUT2D eigenvalue weighted by Gasteiger charge is -2.26. The molecule has 1 aromatic heterocycles. The van der Waals surface area contributed by atoms with E-state index in [2.05, 4.69) is 9.68 Å². The van der Waals surface area contributed by atoms with Crippen molar-refractivity contribution in [3.05, 3.63) is 11.8 Å². The number of nitrogens with zero attached hydrogens (tertiary/aromatic N) is 1. The Morgan fingerprint density at radius 3 is 2.45 bits per heavy atom. The highest BCUT2D eigenvalue weighted by atomic mass is 32.2.